The van der Waals surface area contributed by atoms with Gasteiger partial charge in [0.25, 0.3) is 5.91 Å². The second kappa shape index (κ2) is 6.89. The molecule has 0 saturated heterocycles. The molecule has 1 amide bonds. The van der Waals surface area contributed by atoms with Crippen LogP contribution < -0.4 is 5.32 Å². The van der Waals surface area contributed by atoms with Crippen molar-refractivity contribution in [2.45, 2.75) is 13.3 Å². The van der Waals surface area contributed by atoms with E-state index in [0.717, 1.165) is 4.47 Å². The number of carbonyl (C=O) groups is 2. The van der Waals surface area contributed by atoms with Crippen LogP contribution in [0.5, 0.6) is 0 Å². The first-order chi connectivity index (χ1) is 8.40. The lowest BCUT2D eigenvalue weighted by Gasteiger charge is -2.11. The summed E-state index contributed by atoms with van der Waals surface area (Å²) in [6.45, 7) is 2.12. The first-order valence-corrected chi connectivity index (χ1v) is 6.93. The van der Waals surface area contributed by atoms with Crippen molar-refractivity contribution in [1.29, 1.82) is 0 Å². The van der Waals surface area contributed by atoms with Crippen LogP contribution >= 0.6 is 31.9 Å². The molecule has 4 nitrogen and oxygen atoms in total. The Morgan fingerprint density at radius 1 is 1.39 bits per heavy atom. The van der Waals surface area contributed by atoms with Crippen LogP contribution in [0.15, 0.2) is 27.1 Å². The molecule has 1 aromatic rings. The minimum absolute atomic E-state index is 0.0434. The lowest BCUT2D eigenvalue weighted by molar-refractivity contribution is -0.137. The molecule has 0 spiro atoms. The molecule has 98 valence electrons. The van der Waals surface area contributed by atoms with Crippen LogP contribution in [0.1, 0.15) is 23.7 Å². The first kappa shape index (κ1) is 15.2. The summed E-state index contributed by atoms with van der Waals surface area (Å²) in [6.07, 6.45) is 0.0434. The fourth-order valence-corrected chi connectivity index (χ4v) is 2.63. The molecule has 1 aromatic carbocycles. The van der Waals surface area contributed by atoms with Gasteiger partial charge in [0.1, 0.15) is 0 Å². The number of rotatable bonds is 5. The molecule has 0 aliphatic rings. The molecule has 0 aromatic heterocycles. The number of carboxylic acid groups (broad SMARTS) is 1. The number of halogens is 2. The highest BCUT2D eigenvalue weighted by Crippen LogP contribution is 2.21. The highest BCUT2D eigenvalue weighted by atomic mass is 79.9. The van der Waals surface area contributed by atoms with Gasteiger partial charge in [0, 0.05) is 21.9 Å². The van der Waals surface area contributed by atoms with E-state index in [1.807, 2.05) is 0 Å². The Kier molecular flexibility index (Phi) is 5.81. The van der Waals surface area contributed by atoms with Gasteiger partial charge in [-0.15, -0.1) is 0 Å². The molecule has 1 unspecified atom stereocenters. The summed E-state index contributed by atoms with van der Waals surface area (Å²) in [5, 5.41) is 11.3. The third kappa shape index (κ3) is 4.78. The van der Waals surface area contributed by atoms with E-state index in [1.165, 1.54) is 0 Å². The normalized spacial score (nSPS) is 11.9. The van der Waals surface area contributed by atoms with Gasteiger partial charge in [0.15, 0.2) is 0 Å². The fourth-order valence-electron chi connectivity index (χ4n) is 1.41. The molecule has 0 bridgehead atoms. The number of hydrogen-bond donors (Lipinski definition) is 2. The van der Waals surface area contributed by atoms with E-state index in [1.54, 1.807) is 25.1 Å². The molecule has 1 atom stereocenters. The van der Waals surface area contributed by atoms with Crippen molar-refractivity contribution in [1.82, 2.24) is 5.32 Å². The number of carbonyl (C=O) groups excluding carboxylic acids is 1. The van der Waals surface area contributed by atoms with Crippen molar-refractivity contribution < 1.29 is 14.7 Å². The molecule has 0 aliphatic carbocycles. The summed E-state index contributed by atoms with van der Waals surface area (Å²) in [4.78, 5) is 22.4. The van der Waals surface area contributed by atoms with E-state index in [-0.39, 0.29) is 18.2 Å². The summed E-state index contributed by atoms with van der Waals surface area (Å²) < 4.78 is 1.57. The average molecular weight is 379 g/mol. The Bertz CT molecular complexity index is 463. The largest absolute Gasteiger partial charge is 0.481 e. The number of carboxylic acids is 1. The van der Waals surface area contributed by atoms with Crippen LogP contribution in [0.2, 0.25) is 0 Å². The van der Waals surface area contributed by atoms with E-state index in [4.69, 9.17) is 5.11 Å². The number of nitrogens with one attached hydrogen (secondary N) is 1. The maximum Gasteiger partial charge on any atom is 0.303 e. The van der Waals surface area contributed by atoms with Crippen LogP contribution in [0.25, 0.3) is 0 Å². The van der Waals surface area contributed by atoms with Crippen LogP contribution in [0.4, 0.5) is 0 Å². The zero-order valence-electron chi connectivity index (χ0n) is 9.74. The lowest BCUT2D eigenvalue weighted by Crippen LogP contribution is -2.29. The number of amides is 1. The van der Waals surface area contributed by atoms with Crippen molar-refractivity contribution in [2.24, 2.45) is 5.92 Å². The monoisotopic (exact) mass is 377 g/mol. The maximum absolute atomic E-state index is 11.9. The quantitative estimate of drug-likeness (QED) is 0.827. The summed E-state index contributed by atoms with van der Waals surface area (Å²) in [5.74, 6) is -1.17. The zero-order valence-corrected chi connectivity index (χ0v) is 12.9. The molecule has 0 radical (unpaired) electrons. The van der Waals surface area contributed by atoms with E-state index in [9.17, 15) is 9.59 Å². The molecular weight excluding hydrogens is 366 g/mol. The van der Waals surface area contributed by atoms with Crippen LogP contribution in [-0.4, -0.2) is 23.5 Å². The zero-order chi connectivity index (χ0) is 13.7. The highest BCUT2D eigenvalue weighted by molar-refractivity contribution is 9.11. The Morgan fingerprint density at radius 3 is 2.61 bits per heavy atom. The molecule has 18 heavy (non-hydrogen) atoms. The van der Waals surface area contributed by atoms with Crippen molar-refractivity contribution in [3.05, 3.63) is 32.7 Å². The van der Waals surface area contributed by atoms with Crippen LogP contribution in [0, 0.1) is 5.92 Å². The van der Waals surface area contributed by atoms with Gasteiger partial charge >= 0.3 is 5.97 Å². The third-order valence-electron chi connectivity index (χ3n) is 2.31. The molecule has 6 heteroatoms. The topological polar surface area (TPSA) is 66.4 Å². The summed E-state index contributed by atoms with van der Waals surface area (Å²) in [7, 11) is 0. The molecule has 0 aliphatic heterocycles. The molecule has 0 fully saturated rings. The molecule has 0 saturated carbocycles. The smallest absolute Gasteiger partial charge is 0.303 e. The SMILES string of the molecule is CC(CNC(=O)c1ccc(Br)cc1Br)CC(=O)O. The summed E-state index contributed by atoms with van der Waals surface area (Å²) >= 11 is 6.62. The van der Waals surface area contributed by atoms with E-state index in [2.05, 4.69) is 37.2 Å². The standard InChI is InChI=1S/C12H13Br2NO3/c1-7(4-11(16)17)6-15-12(18)9-3-2-8(13)5-10(9)14/h2-3,5,7H,4,6H2,1H3,(H,15,18)(H,16,17). The Labute approximate surface area is 122 Å². The van der Waals surface area contributed by atoms with E-state index < -0.39 is 5.97 Å². The third-order valence-corrected chi connectivity index (χ3v) is 3.46. The van der Waals surface area contributed by atoms with Crippen molar-refractivity contribution in [2.75, 3.05) is 6.54 Å². The highest BCUT2D eigenvalue weighted by Gasteiger charge is 2.12. The predicted octanol–water partition coefficient (Wildman–Crippen LogP) is 3.05. The number of aliphatic carboxylic acids is 1. The molecule has 0 heterocycles. The van der Waals surface area contributed by atoms with Gasteiger partial charge in [-0.25, -0.2) is 0 Å². The Hall–Kier alpha value is -0.880. The lowest BCUT2D eigenvalue weighted by atomic mass is 10.1. The van der Waals surface area contributed by atoms with Gasteiger partial charge in [0.2, 0.25) is 0 Å². The fraction of sp³-hybridized carbons (Fsp3) is 0.333. The van der Waals surface area contributed by atoms with Crippen molar-refractivity contribution in [3.8, 4) is 0 Å². The summed E-state index contributed by atoms with van der Waals surface area (Å²) in [5.41, 5.74) is 0.528. The summed E-state index contributed by atoms with van der Waals surface area (Å²) in [6, 6.07) is 5.27. The second-order valence-electron chi connectivity index (χ2n) is 4.04. The Morgan fingerprint density at radius 2 is 2.06 bits per heavy atom. The van der Waals surface area contributed by atoms with Gasteiger partial charge in [0.05, 0.1) is 5.56 Å². The molecule has 1 rings (SSSR count). The average Bonchev–Trinajstić information content (AvgIpc) is 2.25. The number of hydrogen-bond acceptors (Lipinski definition) is 2. The first-order valence-electron chi connectivity index (χ1n) is 5.35. The van der Waals surface area contributed by atoms with Crippen LogP contribution in [-0.2, 0) is 4.79 Å². The molecule has 2 N–H and O–H groups in total. The second-order valence-corrected chi connectivity index (χ2v) is 5.81. The minimum Gasteiger partial charge on any atom is -0.481 e. The minimum atomic E-state index is -0.860. The Balaban J connectivity index is 2.58. The van der Waals surface area contributed by atoms with Gasteiger partial charge in [-0.2, -0.15) is 0 Å². The van der Waals surface area contributed by atoms with Gasteiger partial charge in [-0.1, -0.05) is 22.9 Å². The van der Waals surface area contributed by atoms with Crippen LogP contribution in [0.3, 0.4) is 0 Å². The van der Waals surface area contributed by atoms with Gasteiger partial charge in [-0.05, 0) is 40.0 Å². The predicted molar refractivity (Wildman–Crippen MR) is 75.6 cm³/mol. The van der Waals surface area contributed by atoms with E-state index in [0.29, 0.717) is 16.6 Å². The van der Waals surface area contributed by atoms with Gasteiger partial charge < -0.3 is 10.4 Å². The molecular formula is C12H13Br2NO3. The van der Waals surface area contributed by atoms with E-state index >= 15 is 0 Å². The maximum atomic E-state index is 11.9. The van der Waals surface area contributed by atoms with Crippen molar-refractivity contribution in [3.63, 3.8) is 0 Å². The van der Waals surface area contributed by atoms with Gasteiger partial charge in [-0.3, -0.25) is 9.59 Å². The van der Waals surface area contributed by atoms with Crippen molar-refractivity contribution >= 4 is 43.7 Å². The number of benzene rings is 1.